The normalized spacial score (nSPS) is 13.9. The van der Waals surface area contributed by atoms with Crippen LogP contribution < -0.4 is 0 Å². The van der Waals surface area contributed by atoms with Gasteiger partial charge in [0.25, 0.3) is 0 Å². The van der Waals surface area contributed by atoms with Gasteiger partial charge in [-0.25, -0.2) is 4.79 Å². The first-order chi connectivity index (χ1) is 11.7. The van der Waals surface area contributed by atoms with Gasteiger partial charge in [-0.15, -0.1) is 0 Å². The van der Waals surface area contributed by atoms with E-state index in [1.54, 1.807) is 12.1 Å². The molecule has 0 bridgehead atoms. The maximum atomic E-state index is 12.5. The number of hydrogen-bond acceptors (Lipinski definition) is 2. The van der Waals surface area contributed by atoms with Crippen LogP contribution in [0.3, 0.4) is 0 Å². The van der Waals surface area contributed by atoms with Gasteiger partial charge >= 0.3 is 5.97 Å². The Morgan fingerprint density at radius 3 is 2.58 bits per heavy atom. The Morgan fingerprint density at radius 1 is 1.04 bits per heavy atom. The summed E-state index contributed by atoms with van der Waals surface area (Å²) in [7, 11) is 0. The molecule has 1 heterocycles. The van der Waals surface area contributed by atoms with Gasteiger partial charge in [-0.1, -0.05) is 42.5 Å². The molecule has 0 spiro atoms. The molecule has 4 nitrogen and oxygen atoms in total. The third-order valence-electron chi connectivity index (χ3n) is 4.70. The molecule has 0 atom stereocenters. The molecular weight excluding hydrogens is 302 g/mol. The fraction of sp³-hybridized carbons (Fsp3) is 0.200. The van der Waals surface area contributed by atoms with Crippen molar-refractivity contribution in [2.75, 3.05) is 0 Å². The number of nitrogens with zero attached hydrogens (tertiary/aromatic N) is 1. The molecule has 0 unspecified atom stereocenters. The minimum Gasteiger partial charge on any atom is -0.478 e. The van der Waals surface area contributed by atoms with Gasteiger partial charge in [0.2, 0.25) is 0 Å². The van der Waals surface area contributed by atoms with Crippen molar-refractivity contribution < 1.29 is 14.7 Å². The molecule has 0 radical (unpaired) electrons. The van der Waals surface area contributed by atoms with E-state index in [1.165, 1.54) is 0 Å². The number of ketones is 1. The predicted molar refractivity (Wildman–Crippen MR) is 91.7 cm³/mol. The Bertz CT molecular complexity index is 954. The third-order valence-corrected chi connectivity index (χ3v) is 4.70. The molecule has 1 aliphatic carbocycles. The number of hydrogen-bond donors (Lipinski definition) is 1. The third kappa shape index (κ3) is 2.22. The van der Waals surface area contributed by atoms with Crippen molar-refractivity contribution in [3.05, 3.63) is 70.9 Å². The zero-order valence-corrected chi connectivity index (χ0v) is 13.2. The number of rotatable bonds is 3. The summed E-state index contributed by atoms with van der Waals surface area (Å²) in [5, 5.41) is 10.4. The number of aromatic carboxylic acids is 1. The fourth-order valence-corrected chi connectivity index (χ4v) is 3.69. The molecule has 1 N–H and O–H groups in total. The number of carbonyl (C=O) groups is 2. The smallest absolute Gasteiger partial charge is 0.337 e. The monoisotopic (exact) mass is 319 g/mol. The van der Waals surface area contributed by atoms with E-state index in [-0.39, 0.29) is 11.3 Å². The lowest BCUT2D eigenvalue weighted by Gasteiger charge is -2.16. The van der Waals surface area contributed by atoms with Gasteiger partial charge in [-0.2, -0.15) is 0 Å². The second-order valence-corrected chi connectivity index (χ2v) is 6.18. The molecule has 4 rings (SSSR count). The van der Waals surface area contributed by atoms with Crippen LogP contribution in [0.1, 0.15) is 44.8 Å². The average Bonchev–Trinajstić information content (AvgIpc) is 2.91. The standard InChI is InChI=1S/C20H17NO3/c22-17-11-5-10-16-18(17)14-8-4-9-15(20(23)24)19(14)21(16)12-13-6-2-1-3-7-13/h1-4,6-9H,5,10-12H2,(H,23,24). The Labute approximate surface area is 139 Å². The van der Waals surface area contributed by atoms with E-state index in [9.17, 15) is 14.7 Å². The molecule has 0 saturated heterocycles. The van der Waals surface area contributed by atoms with E-state index in [4.69, 9.17) is 0 Å². The molecule has 0 saturated carbocycles. The van der Waals surface area contributed by atoms with Crippen LogP contribution in [0.15, 0.2) is 48.5 Å². The van der Waals surface area contributed by atoms with Gasteiger partial charge in [-0.3, -0.25) is 4.79 Å². The summed E-state index contributed by atoms with van der Waals surface area (Å²) in [6.45, 7) is 0.574. The highest BCUT2D eigenvalue weighted by atomic mass is 16.4. The van der Waals surface area contributed by atoms with Crippen LogP contribution in [0.4, 0.5) is 0 Å². The number of para-hydroxylation sites is 1. The second-order valence-electron chi connectivity index (χ2n) is 6.18. The molecule has 3 aromatic rings. The quantitative estimate of drug-likeness (QED) is 0.796. The lowest BCUT2D eigenvalue weighted by molar-refractivity contribution is 0.0698. The van der Waals surface area contributed by atoms with Crippen LogP contribution in [-0.4, -0.2) is 21.4 Å². The van der Waals surface area contributed by atoms with Crippen molar-refractivity contribution in [1.82, 2.24) is 4.57 Å². The van der Waals surface area contributed by atoms with Crippen molar-refractivity contribution in [3.63, 3.8) is 0 Å². The van der Waals surface area contributed by atoms with Gasteiger partial charge < -0.3 is 9.67 Å². The van der Waals surface area contributed by atoms with Crippen LogP contribution >= 0.6 is 0 Å². The number of carboxylic acid groups (broad SMARTS) is 1. The molecule has 0 amide bonds. The summed E-state index contributed by atoms with van der Waals surface area (Å²) >= 11 is 0. The summed E-state index contributed by atoms with van der Waals surface area (Å²) in [4.78, 5) is 24.2. The average molecular weight is 319 g/mol. The summed E-state index contributed by atoms with van der Waals surface area (Å²) in [5.74, 6) is -0.840. The second kappa shape index (κ2) is 5.64. The van der Waals surface area contributed by atoms with Crippen molar-refractivity contribution in [2.45, 2.75) is 25.8 Å². The van der Waals surface area contributed by atoms with Crippen molar-refractivity contribution >= 4 is 22.7 Å². The highest BCUT2D eigenvalue weighted by Crippen LogP contribution is 2.34. The highest BCUT2D eigenvalue weighted by molar-refractivity contribution is 6.14. The molecule has 24 heavy (non-hydrogen) atoms. The number of Topliss-reactive ketones (excluding diaryl/α,β-unsaturated/α-hetero) is 1. The van der Waals surface area contributed by atoms with Gasteiger partial charge in [0, 0.05) is 29.6 Å². The van der Waals surface area contributed by atoms with E-state index in [2.05, 4.69) is 0 Å². The molecular formula is C20H17NO3. The SMILES string of the molecule is O=C1CCCc2c1c1cccc(C(=O)O)c1n2Cc1ccccc1. The Morgan fingerprint density at radius 2 is 1.83 bits per heavy atom. The Kier molecular flexibility index (Phi) is 3.45. The van der Waals surface area contributed by atoms with E-state index in [0.717, 1.165) is 35.0 Å². The van der Waals surface area contributed by atoms with E-state index in [1.807, 2.05) is 41.0 Å². The molecule has 0 aliphatic heterocycles. The number of fused-ring (bicyclic) bond motifs is 3. The van der Waals surface area contributed by atoms with Gasteiger partial charge in [-0.05, 0) is 24.5 Å². The summed E-state index contributed by atoms with van der Waals surface area (Å²) in [5.41, 5.74) is 3.70. The van der Waals surface area contributed by atoms with Crippen molar-refractivity contribution in [1.29, 1.82) is 0 Å². The number of carbonyl (C=O) groups excluding carboxylic acids is 1. The van der Waals surface area contributed by atoms with Crippen LogP contribution in [0.2, 0.25) is 0 Å². The van der Waals surface area contributed by atoms with E-state index in [0.29, 0.717) is 18.5 Å². The largest absolute Gasteiger partial charge is 0.478 e. The lowest BCUT2D eigenvalue weighted by atomic mass is 9.94. The van der Waals surface area contributed by atoms with Gasteiger partial charge in [0.05, 0.1) is 11.1 Å². The lowest BCUT2D eigenvalue weighted by Crippen LogP contribution is -2.14. The van der Waals surface area contributed by atoms with Crippen LogP contribution in [0, 0.1) is 0 Å². The summed E-state index contributed by atoms with van der Waals surface area (Å²) < 4.78 is 2.03. The Balaban J connectivity index is 2.03. The molecule has 4 heteroatoms. The zero-order valence-electron chi connectivity index (χ0n) is 13.2. The minimum absolute atomic E-state index is 0.121. The molecule has 2 aromatic carbocycles. The molecule has 120 valence electrons. The van der Waals surface area contributed by atoms with Crippen LogP contribution in [0.5, 0.6) is 0 Å². The van der Waals surface area contributed by atoms with Gasteiger partial charge in [0.1, 0.15) is 0 Å². The van der Waals surface area contributed by atoms with Crippen LogP contribution in [0.25, 0.3) is 10.9 Å². The Hall–Kier alpha value is -2.88. The fourth-order valence-electron chi connectivity index (χ4n) is 3.69. The van der Waals surface area contributed by atoms with Gasteiger partial charge in [0.15, 0.2) is 5.78 Å². The number of carboxylic acids is 1. The van der Waals surface area contributed by atoms with Crippen molar-refractivity contribution in [3.8, 4) is 0 Å². The van der Waals surface area contributed by atoms with E-state index < -0.39 is 5.97 Å². The molecule has 0 fully saturated rings. The summed E-state index contributed by atoms with van der Waals surface area (Å²) in [6.07, 6.45) is 2.16. The number of aromatic nitrogens is 1. The maximum Gasteiger partial charge on any atom is 0.337 e. The minimum atomic E-state index is -0.961. The van der Waals surface area contributed by atoms with E-state index >= 15 is 0 Å². The first-order valence-corrected chi connectivity index (χ1v) is 8.11. The topological polar surface area (TPSA) is 59.3 Å². The van der Waals surface area contributed by atoms with Crippen LogP contribution in [-0.2, 0) is 13.0 Å². The predicted octanol–water partition coefficient (Wildman–Crippen LogP) is 3.91. The summed E-state index contributed by atoms with van der Waals surface area (Å²) in [6, 6.07) is 15.1. The zero-order chi connectivity index (χ0) is 16.7. The highest BCUT2D eigenvalue weighted by Gasteiger charge is 2.28. The molecule has 1 aromatic heterocycles. The first kappa shape index (κ1) is 14.7. The molecule has 1 aliphatic rings. The number of benzene rings is 2. The van der Waals surface area contributed by atoms with Crippen molar-refractivity contribution in [2.24, 2.45) is 0 Å². The first-order valence-electron chi connectivity index (χ1n) is 8.11. The maximum absolute atomic E-state index is 12.5.